The van der Waals surface area contributed by atoms with E-state index in [2.05, 4.69) is 0 Å². The van der Waals surface area contributed by atoms with E-state index >= 15 is 0 Å². The second kappa shape index (κ2) is 5.80. The quantitative estimate of drug-likeness (QED) is 0.798. The number of amides is 1. The van der Waals surface area contributed by atoms with Gasteiger partial charge in [0.15, 0.2) is 0 Å². The molecule has 0 aliphatic heterocycles. The zero-order valence-corrected chi connectivity index (χ0v) is 12.8. The molecule has 20 heavy (non-hydrogen) atoms. The first-order valence-corrected chi connectivity index (χ1v) is 7.63. The van der Waals surface area contributed by atoms with Crippen molar-refractivity contribution in [2.75, 3.05) is 5.73 Å². The molecule has 0 heterocycles. The van der Waals surface area contributed by atoms with Crippen molar-refractivity contribution in [1.29, 1.82) is 0 Å². The Morgan fingerprint density at radius 3 is 2.45 bits per heavy atom. The molecule has 0 saturated heterocycles. The minimum atomic E-state index is -3.96. The molecule has 0 saturated carbocycles. The summed E-state index contributed by atoms with van der Waals surface area (Å²) >= 11 is 0. The van der Waals surface area contributed by atoms with Crippen molar-refractivity contribution in [1.82, 2.24) is 4.72 Å². The van der Waals surface area contributed by atoms with Gasteiger partial charge in [-0.25, -0.2) is 13.1 Å². The maximum atomic E-state index is 12.1. The zero-order chi connectivity index (χ0) is 15.6. The molecule has 1 aromatic rings. The number of carbonyl (C=O) groups excluding carboxylic acids is 1. The number of rotatable bonds is 5. The highest BCUT2D eigenvalue weighted by Gasteiger charge is 2.33. The second-order valence-corrected chi connectivity index (χ2v) is 6.87. The van der Waals surface area contributed by atoms with E-state index in [4.69, 9.17) is 10.5 Å². The lowest BCUT2D eigenvalue weighted by Gasteiger charge is -2.26. The van der Waals surface area contributed by atoms with Crippen molar-refractivity contribution in [3.8, 4) is 0 Å². The van der Waals surface area contributed by atoms with Gasteiger partial charge in [0.05, 0.1) is 11.0 Å². The Kier molecular flexibility index (Phi) is 4.77. The first-order valence-electron chi connectivity index (χ1n) is 6.15. The van der Waals surface area contributed by atoms with Crippen LogP contribution in [0.1, 0.15) is 27.7 Å². The van der Waals surface area contributed by atoms with Gasteiger partial charge in [-0.2, -0.15) is 0 Å². The van der Waals surface area contributed by atoms with E-state index in [1.165, 1.54) is 32.0 Å². The third-order valence-corrected chi connectivity index (χ3v) is 3.80. The Hall–Kier alpha value is -1.60. The number of nitrogens with two attached hydrogens (primary N) is 1. The topological polar surface area (TPSA) is 98.5 Å². The smallest absolute Gasteiger partial charge is 0.265 e. The van der Waals surface area contributed by atoms with Gasteiger partial charge in [-0.15, -0.1) is 0 Å². The number of hydrogen-bond donors (Lipinski definition) is 2. The third kappa shape index (κ3) is 4.21. The summed E-state index contributed by atoms with van der Waals surface area (Å²) in [5.41, 5.74) is 4.59. The van der Waals surface area contributed by atoms with Crippen LogP contribution in [0.15, 0.2) is 29.2 Å². The van der Waals surface area contributed by atoms with E-state index in [0.717, 1.165) is 0 Å². The Balaban J connectivity index is 2.94. The van der Waals surface area contributed by atoms with E-state index in [9.17, 15) is 13.2 Å². The van der Waals surface area contributed by atoms with Crippen molar-refractivity contribution in [2.45, 2.75) is 44.3 Å². The Bertz CT molecular complexity index is 594. The molecule has 0 spiro atoms. The molecule has 1 rings (SSSR count). The summed E-state index contributed by atoms with van der Waals surface area (Å²) in [6, 6.07) is 5.71. The molecular formula is C13H20N2O4S. The monoisotopic (exact) mass is 300 g/mol. The average molecular weight is 300 g/mol. The van der Waals surface area contributed by atoms with Gasteiger partial charge in [0.25, 0.3) is 15.9 Å². The van der Waals surface area contributed by atoms with Crippen LogP contribution in [0.2, 0.25) is 0 Å². The standard InChI is InChI=1S/C13H20N2O4S/c1-9(2)19-13(3,4)12(16)15-20(17,18)11-7-5-6-10(14)8-11/h5-9H,14H2,1-4H3,(H,15,16). The number of nitrogens with one attached hydrogen (secondary N) is 1. The normalized spacial score (nSPS) is 12.4. The van der Waals surface area contributed by atoms with E-state index in [0.29, 0.717) is 5.69 Å². The summed E-state index contributed by atoms with van der Waals surface area (Å²) in [4.78, 5) is 12.0. The molecule has 0 aliphatic rings. The lowest BCUT2D eigenvalue weighted by molar-refractivity contribution is -0.145. The molecule has 0 atom stereocenters. The highest BCUT2D eigenvalue weighted by atomic mass is 32.2. The molecular weight excluding hydrogens is 280 g/mol. The minimum Gasteiger partial charge on any atom is -0.399 e. The highest BCUT2D eigenvalue weighted by molar-refractivity contribution is 7.90. The van der Waals surface area contributed by atoms with Gasteiger partial charge in [-0.1, -0.05) is 6.07 Å². The second-order valence-electron chi connectivity index (χ2n) is 5.18. The summed E-state index contributed by atoms with van der Waals surface area (Å²) in [5.74, 6) is -0.728. The van der Waals surface area contributed by atoms with Crippen molar-refractivity contribution in [2.24, 2.45) is 0 Å². The number of hydrogen-bond acceptors (Lipinski definition) is 5. The molecule has 0 fully saturated rings. The van der Waals surface area contributed by atoms with Crippen LogP contribution in [0.25, 0.3) is 0 Å². The van der Waals surface area contributed by atoms with Crippen LogP contribution in [0.5, 0.6) is 0 Å². The predicted octanol–water partition coefficient (Wildman–Crippen LogP) is 1.28. The van der Waals surface area contributed by atoms with Crippen LogP contribution in [0.3, 0.4) is 0 Å². The molecule has 1 aromatic carbocycles. The first-order chi connectivity index (χ1) is 9.04. The molecule has 1 amide bonds. The van der Waals surface area contributed by atoms with Crippen LogP contribution in [0, 0.1) is 0 Å². The summed E-state index contributed by atoms with van der Waals surface area (Å²) in [6.07, 6.45) is -0.203. The highest BCUT2D eigenvalue weighted by Crippen LogP contribution is 2.16. The summed E-state index contributed by atoms with van der Waals surface area (Å²) < 4.78 is 31.6. The van der Waals surface area contributed by atoms with Crippen LogP contribution >= 0.6 is 0 Å². The van der Waals surface area contributed by atoms with Gasteiger partial charge >= 0.3 is 0 Å². The summed E-state index contributed by atoms with van der Waals surface area (Å²) in [6.45, 7) is 6.55. The van der Waals surface area contributed by atoms with Gasteiger partial charge < -0.3 is 10.5 Å². The Morgan fingerprint density at radius 2 is 1.95 bits per heavy atom. The summed E-state index contributed by atoms with van der Waals surface area (Å²) in [5, 5.41) is 0. The van der Waals surface area contributed by atoms with Gasteiger partial charge in [-0.05, 0) is 45.9 Å². The van der Waals surface area contributed by atoms with Crippen LogP contribution in [0.4, 0.5) is 5.69 Å². The van der Waals surface area contributed by atoms with Crippen molar-refractivity contribution in [3.63, 3.8) is 0 Å². The molecule has 0 aliphatic carbocycles. The van der Waals surface area contributed by atoms with Crippen molar-refractivity contribution in [3.05, 3.63) is 24.3 Å². The number of ether oxygens (including phenoxy) is 1. The molecule has 0 bridgehead atoms. The number of anilines is 1. The number of nitrogen functional groups attached to an aromatic ring is 1. The lowest BCUT2D eigenvalue weighted by atomic mass is 10.1. The molecule has 112 valence electrons. The van der Waals surface area contributed by atoms with Crippen LogP contribution in [-0.4, -0.2) is 26.0 Å². The molecule has 0 radical (unpaired) electrons. The van der Waals surface area contributed by atoms with Crippen molar-refractivity contribution >= 4 is 21.6 Å². The maximum absolute atomic E-state index is 12.1. The number of benzene rings is 1. The Morgan fingerprint density at radius 1 is 1.35 bits per heavy atom. The maximum Gasteiger partial charge on any atom is 0.265 e. The molecule has 7 heteroatoms. The van der Waals surface area contributed by atoms with E-state index < -0.39 is 21.5 Å². The predicted molar refractivity (Wildman–Crippen MR) is 76.5 cm³/mol. The van der Waals surface area contributed by atoms with Crippen molar-refractivity contribution < 1.29 is 17.9 Å². The third-order valence-electron chi connectivity index (χ3n) is 2.47. The molecule has 0 unspecified atom stereocenters. The SMILES string of the molecule is CC(C)OC(C)(C)C(=O)NS(=O)(=O)c1cccc(N)c1. The van der Waals surface area contributed by atoms with Crippen LogP contribution < -0.4 is 10.5 Å². The fraction of sp³-hybridized carbons (Fsp3) is 0.462. The minimum absolute atomic E-state index is 0.0637. The van der Waals surface area contributed by atoms with Crippen LogP contribution in [-0.2, 0) is 19.6 Å². The molecule has 6 nitrogen and oxygen atoms in total. The fourth-order valence-electron chi connectivity index (χ4n) is 1.63. The van der Waals surface area contributed by atoms with Gasteiger partial charge in [-0.3, -0.25) is 4.79 Å². The first kappa shape index (κ1) is 16.5. The van der Waals surface area contributed by atoms with Gasteiger partial charge in [0, 0.05) is 5.69 Å². The van der Waals surface area contributed by atoms with E-state index in [-0.39, 0.29) is 11.0 Å². The van der Waals surface area contributed by atoms with Gasteiger partial charge in [0.1, 0.15) is 5.60 Å². The average Bonchev–Trinajstić information content (AvgIpc) is 2.26. The van der Waals surface area contributed by atoms with E-state index in [1.807, 2.05) is 4.72 Å². The summed E-state index contributed by atoms with van der Waals surface area (Å²) in [7, 11) is -3.96. The lowest BCUT2D eigenvalue weighted by Crippen LogP contribution is -2.47. The fourth-order valence-corrected chi connectivity index (χ4v) is 2.79. The molecule has 3 N–H and O–H groups in total. The Labute approximate surface area is 119 Å². The largest absolute Gasteiger partial charge is 0.399 e. The number of sulfonamides is 1. The molecule has 0 aromatic heterocycles. The van der Waals surface area contributed by atoms with Gasteiger partial charge in [0.2, 0.25) is 0 Å². The zero-order valence-electron chi connectivity index (χ0n) is 12.0. The van der Waals surface area contributed by atoms with E-state index in [1.54, 1.807) is 19.9 Å². The number of carbonyl (C=O) groups is 1.